The van der Waals surface area contributed by atoms with Gasteiger partial charge in [0.15, 0.2) is 17.4 Å². The normalized spacial score (nSPS) is 22.2. The van der Waals surface area contributed by atoms with E-state index in [4.69, 9.17) is 11.6 Å². The number of carbonyl (C=O) groups excluding carboxylic acids is 1. The molecule has 0 fully saturated rings. The predicted molar refractivity (Wildman–Crippen MR) is 118 cm³/mol. The molecule has 5 bridgehead atoms. The van der Waals surface area contributed by atoms with Crippen molar-refractivity contribution in [1.29, 1.82) is 0 Å². The second-order valence-corrected chi connectivity index (χ2v) is 8.33. The summed E-state index contributed by atoms with van der Waals surface area (Å²) < 4.78 is 0. The van der Waals surface area contributed by atoms with Crippen LogP contribution in [-0.2, 0) is 6.42 Å². The van der Waals surface area contributed by atoms with E-state index in [0.717, 1.165) is 57.7 Å². The molecule has 9 heteroatoms. The Morgan fingerprint density at radius 2 is 1.80 bits per heavy atom. The number of halogens is 1. The van der Waals surface area contributed by atoms with Crippen LogP contribution in [-0.4, -0.2) is 61.1 Å². The molecule has 0 aliphatic carbocycles. The lowest BCUT2D eigenvalue weighted by molar-refractivity contribution is 0.0943. The molecule has 1 aromatic carbocycles. The van der Waals surface area contributed by atoms with E-state index in [1.807, 2.05) is 17.1 Å². The van der Waals surface area contributed by atoms with Gasteiger partial charge in [0.25, 0.3) is 0 Å². The van der Waals surface area contributed by atoms with Crippen LogP contribution in [0.3, 0.4) is 0 Å². The quantitative estimate of drug-likeness (QED) is 0.585. The highest BCUT2D eigenvalue weighted by molar-refractivity contribution is 6.31. The van der Waals surface area contributed by atoms with Crippen LogP contribution in [0, 0.1) is 0 Å². The molecule has 1 aromatic heterocycles. The van der Waals surface area contributed by atoms with E-state index in [0.29, 0.717) is 28.8 Å². The molecule has 3 aliphatic rings. The molecule has 3 aliphatic heterocycles. The summed E-state index contributed by atoms with van der Waals surface area (Å²) in [5, 5.41) is 15.2. The lowest BCUT2D eigenvalue weighted by Crippen LogP contribution is -2.51. The standard InChI is InChI=1S/C21H26ClN7O/c22-15-5-4-14-3-1-6-23-9-10-24-7-2-8-25-16-12-28-20-18(19(16)30)21(27-13-26-20)29(28)17(14)11-15/h4-5,11,13,16,23-25H,1-3,6-10,12H2. The van der Waals surface area contributed by atoms with Crippen molar-refractivity contribution in [2.75, 3.05) is 49.3 Å². The van der Waals surface area contributed by atoms with Gasteiger partial charge in [0.05, 0.1) is 18.3 Å². The third-order valence-corrected chi connectivity index (χ3v) is 6.12. The van der Waals surface area contributed by atoms with Gasteiger partial charge in [0.1, 0.15) is 11.9 Å². The van der Waals surface area contributed by atoms with E-state index < -0.39 is 0 Å². The summed E-state index contributed by atoms with van der Waals surface area (Å²) in [5.41, 5.74) is 2.76. The zero-order chi connectivity index (χ0) is 20.5. The highest BCUT2D eigenvalue weighted by Gasteiger charge is 2.46. The molecule has 1 atom stereocenters. The Kier molecular flexibility index (Phi) is 5.56. The molecular formula is C21H26ClN7O. The largest absolute Gasteiger partial charge is 0.315 e. The molecule has 158 valence electrons. The van der Waals surface area contributed by atoms with Gasteiger partial charge >= 0.3 is 0 Å². The first kappa shape index (κ1) is 19.7. The lowest BCUT2D eigenvalue weighted by atomic mass is 10.0. The van der Waals surface area contributed by atoms with E-state index in [9.17, 15) is 4.79 Å². The maximum absolute atomic E-state index is 13.2. The zero-order valence-electron chi connectivity index (χ0n) is 16.8. The highest BCUT2D eigenvalue weighted by Crippen LogP contribution is 2.45. The van der Waals surface area contributed by atoms with Gasteiger partial charge in [-0.2, -0.15) is 0 Å². The van der Waals surface area contributed by atoms with E-state index in [2.05, 4.69) is 37.0 Å². The Balaban J connectivity index is 1.53. The number of carbonyl (C=O) groups is 1. The van der Waals surface area contributed by atoms with Crippen LogP contribution >= 0.6 is 11.6 Å². The third kappa shape index (κ3) is 3.54. The first-order valence-electron chi connectivity index (χ1n) is 10.6. The molecule has 3 N–H and O–H groups in total. The summed E-state index contributed by atoms with van der Waals surface area (Å²) in [6.45, 7) is 5.09. The van der Waals surface area contributed by atoms with Crippen LogP contribution < -0.4 is 26.0 Å². The number of hydrogen-bond acceptors (Lipinski definition) is 8. The minimum Gasteiger partial charge on any atom is -0.315 e. The molecule has 2 aromatic rings. The Bertz CT molecular complexity index is 953. The Morgan fingerprint density at radius 1 is 1.00 bits per heavy atom. The van der Waals surface area contributed by atoms with Crippen LogP contribution in [0.4, 0.5) is 17.3 Å². The van der Waals surface area contributed by atoms with Gasteiger partial charge < -0.3 is 16.0 Å². The number of nitrogens with one attached hydrogen (secondary N) is 3. The number of ketones is 1. The van der Waals surface area contributed by atoms with Gasteiger partial charge in [0, 0.05) is 18.1 Å². The maximum atomic E-state index is 13.2. The van der Waals surface area contributed by atoms with Gasteiger partial charge in [0.2, 0.25) is 0 Å². The summed E-state index contributed by atoms with van der Waals surface area (Å²) in [4.78, 5) is 22.2. The van der Waals surface area contributed by atoms with Crippen molar-refractivity contribution in [3.8, 4) is 0 Å². The maximum Gasteiger partial charge on any atom is 0.189 e. The molecule has 0 spiro atoms. The van der Waals surface area contributed by atoms with Gasteiger partial charge in [-0.3, -0.25) is 9.80 Å². The van der Waals surface area contributed by atoms with Crippen molar-refractivity contribution in [2.24, 2.45) is 0 Å². The summed E-state index contributed by atoms with van der Waals surface area (Å²) in [6, 6.07) is 5.70. The van der Waals surface area contributed by atoms with Crippen LogP contribution in [0.25, 0.3) is 0 Å². The minimum atomic E-state index is -0.271. The molecule has 8 nitrogen and oxygen atoms in total. The van der Waals surface area contributed by atoms with Gasteiger partial charge in [-0.1, -0.05) is 17.7 Å². The number of hydrazine groups is 1. The summed E-state index contributed by atoms with van der Waals surface area (Å²) in [5.74, 6) is 1.41. The fourth-order valence-corrected chi connectivity index (χ4v) is 4.58. The third-order valence-electron chi connectivity index (χ3n) is 5.89. The molecule has 0 saturated carbocycles. The molecule has 4 heterocycles. The number of aryl methyl sites for hydroxylation is 1. The number of fused-ring (bicyclic) bond motifs is 4. The lowest BCUT2D eigenvalue weighted by Gasteiger charge is -2.34. The van der Waals surface area contributed by atoms with E-state index in [1.54, 1.807) is 0 Å². The predicted octanol–water partition coefficient (Wildman–Crippen LogP) is 1.67. The number of anilines is 3. The van der Waals surface area contributed by atoms with Crippen molar-refractivity contribution >= 4 is 34.7 Å². The van der Waals surface area contributed by atoms with Crippen molar-refractivity contribution < 1.29 is 4.79 Å². The Hall–Kier alpha value is -2.26. The van der Waals surface area contributed by atoms with Crippen molar-refractivity contribution in [1.82, 2.24) is 25.9 Å². The second kappa shape index (κ2) is 8.47. The average Bonchev–Trinajstić information content (AvgIpc) is 2.84. The summed E-state index contributed by atoms with van der Waals surface area (Å²) in [7, 11) is 0. The SMILES string of the molecule is O=C1c2c3ncnc2N2c4cc(Cl)ccc4CCCNCCNCCCNC1CN32. The fourth-order valence-electron chi connectivity index (χ4n) is 4.42. The van der Waals surface area contributed by atoms with Gasteiger partial charge in [-0.15, -0.1) is 0 Å². The number of hydrogen-bond donors (Lipinski definition) is 3. The number of aromatic nitrogens is 2. The van der Waals surface area contributed by atoms with Crippen LogP contribution in [0.2, 0.25) is 5.02 Å². The topological polar surface area (TPSA) is 85.4 Å². The van der Waals surface area contributed by atoms with Crippen molar-refractivity contribution in [3.63, 3.8) is 0 Å². The Labute approximate surface area is 181 Å². The van der Waals surface area contributed by atoms with Gasteiger partial charge in [-0.05, 0) is 56.6 Å². The average molecular weight is 428 g/mol. The number of benzene rings is 1. The zero-order valence-corrected chi connectivity index (χ0v) is 17.6. The number of Topliss-reactive ketones (excluding diaryl/α,β-unsaturated/α-hetero) is 1. The smallest absolute Gasteiger partial charge is 0.189 e. The molecule has 1 unspecified atom stereocenters. The molecule has 5 rings (SSSR count). The van der Waals surface area contributed by atoms with Crippen molar-refractivity contribution in [2.45, 2.75) is 25.3 Å². The molecule has 0 radical (unpaired) electrons. The van der Waals surface area contributed by atoms with Gasteiger partial charge in [-0.25, -0.2) is 15.0 Å². The number of rotatable bonds is 0. The minimum absolute atomic E-state index is 0.0706. The number of nitrogens with zero attached hydrogens (tertiary/aromatic N) is 4. The second-order valence-electron chi connectivity index (χ2n) is 7.89. The summed E-state index contributed by atoms with van der Waals surface area (Å²) in [6.07, 6.45) is 4.43. The monoisotopic (exact) mass is 427 g/mol. The van der Waals surface area contributed by atoms with E-state index in [1.165, 1.54) is 11.9 Å². The van der Waals surface area contributed by atoms with E-state index >= 15 is 0 Å². The molecular weight excluding hydrogens is 402 g/mol. The van der Waals surface area contributed by atoms with Crippen LogP contribution in [0.1, 0.15) is 28.8 Å². The van der Waals surface area contributed by atoms with Crippen LogP contribution in [0.5, 0.6) is 0 Å². The Morgan fingerprint density at radius 3 is 2.67 bits per heavy atom. The summed E-state index contributed by atoms with van der Waals surface area (Å²) >= 11 is 6.39. The fraction of sp³-hybridized carbons (Fsp3) is 0.476. The molecule has 0 amide bonds. The molecule has 30 heavy (non-hydrogen) atoms. The van der Waals surface area contributed by atoms with E-state index in [-0.39, 0.29) is 11.8 Å². The first-order valence-corrected chi connectivity index (χ1v) is 11.0. The first-order chi connectivity index (χ1) is 14.7. The van der Waals surface area contributed by atoms with Crippen LogP contribution in [0.15, 0.2) is 24.5 Å². The highest BCUT2D eigenvalue weighted by atomic mass is 35.5. The van der Waals surface area contributed by atoms with Crippen molar-refractivity contribution in [3.05, 3.63) is 40.7 Å². The molecule has 0 saturated heterocycles.